The normalized spacial score (nSPS) is 11.4. The molecule has 0 saturated heterocycles. The van der Waals surface area contributed by atoms with Gasteiger partial charge in [0.15, 0.2) is 0 Å². The quantitative estimate of drug-likeness (QED) is 0.860. The molecule has 2 rings (SSSR count). The minimum absolute atomic E-state index is 0.170. The van der Waals surface area contributed by atoms with Crippen LogP contribution in [0.25, 0.3) is 11.1 Å². The molecule has 2 aromatic rings. The molecule has 0 aliphatic heterocycles. The van der Waals surface area contributed by atoms with Crippen molar-refractivity contribution in [1.82, 2.24) is 4.89 Å². The molecule has 0 fully saturated rings. The zero-order chi connectivity index (χ0) is 13.0. The molecule has 0 unspecified atom stereocenters. The number of benzene rings is 2. The molecule has 0 aliphatic rings. The average molecular weight is 263 g/mol. The van der Waals surface area contributed by atoms with Crippen molar-refractivity contribution in [1.29, 1.82) is 0 Å². The van der Waals surface area contributed by atoms with E-state index in [1.807, 2.05) is 35.2 Å². The maximum Gasteiger partial charge on any atom is 0.262 e. The molecule has 0 saturated carbocycles. The van der Waals surface area contributed by atoms with Crippen molar-refractivity contribution in [3.05, 3.63) is 54.6 Å². The van der Waals surface area contributed by atoms with E-state index < -0.39 is 10.0 Å². The van der Waals surface area contributed by atoms with Gasteiger partial charge in [-0.3, -0.25) is 4.84 Å². The van der Waals surface area contributed by atoms with Gasteiger partial charge in [-0.2, -0.15) is 0 Å². The second-order valence-electron chi connectivity index (χ2n) is 3.68. The van der Waals surface area contributed by atoms with Crippen LogP contribution in [0.5, 0.6) is 0 Å². The van der Waals surface area contributed by atoms with Gasteiger partial charge in [0.1, 0.15) is 0 Å². The highest BCUT2D eigenvalue weighted by atomic mass is 32.2. The fourth-order valence-corrected chi connectivity index (χ4v) is 2.42. The van der Waals surface area contributed by atoms with Crippen LogP contribution >= 0.6 is 0 Å². The standard InChI is InChI=1S/C13H13NO3S/c1-17-14-18(15,16)13-9-7-12(8-10-13)11-5-3-2-4-6-11/h2-10,14H,1H3. The van der Waals surface area contributed by atoms with E-state index in [1.165, 1.54) is 7.11 Å². The summed E-state index contributed by atoms with van der Waals surface area (Å²) in [5.74, 6) is 0. The molecular weight excluding hydrogens is 250 g/mol. The first-order valence-electron chi connectivity index (χ1n) is 5.34. The Labute approximate surface area is 106 Å². The zero-order valence-corrected chi connectivity index (χ0v) is 10.6. The van der Waals surface area contributed by atoms with Gasteiger partial charge in [-0.25, -0.2) is 8.42 Å². The molecule has 0 aromatic heterocycles. The van der Waals surface area contributed by atoms with Crippen molar-refractivity contribution in [2.24, 2.45) is 0 Å². The molecule has 5 heteroatoms. The van der Waals surface area contributed by atoms with E-state index in [4.69, 9.17) is 0 Å². The maximum atomic E-state index is 11.6. The van der Waals surface area contributed by atoms with E-state index in [0.717, 1.165) is 11.1 Å². The lowest BCUT2D eigenvalue weighted by molar-refractivity contribution is 0.153. The van der Waals surface area contributed by atoms with Crippen LogP contribution in [0.1, 0.15) is 0 Å². The van der Waals surface area contributed by atoms with E-state index in [0.29, 0.717) is 0 Å². The molecule has 0 spiro atoms. The summed E-state index contributed by atoms with van der Waals surface area (Å²) in [6.45, 7) is 0. The van der Waals surface area contributed by atoms with Crippen LogP contribution < -0.4 is 4.89 Å². The van der Waals surface area contributed by atoms with E-state index in [1.54, 1.807) is 24.3 Å². The Morgan fingerprint density at radius 2 is 1.44 bits per heavy atom. The van der Waals surface area contributed by atoms with Crippen LogP contribution in [0.2, 0.25) is 0 Å². The Kier molecular flexibility index (Phi) is 3.76. The van der Waals surface area contributed by atoms with Crippen LogP contribution in [0, 0.1) is 0 Å². The minimum atomic E-state index is -3.58. The molecule has 0 bridgehead atoms. The Balaban J connectivity index is 2.32. The monoisotopic (exact) mass is 263 g/mol. The molecule has 0 aliphatic carbocycles. The van der Waals surface area contributed by atoms with E-state index in [-0.39, 0.29) is 4.90 Å². The molecule has 18 heavy (non-hydrogen) atoms. The first kappa shape index (κ1) is 12.8. The predicted molar refractivity (Wildman–Crippen MR) is 69.2 cm³/mol. The molecule has 4 nitrogen and oxygen atoms in total. The molecule has 0 heterocycles. The van der Waals surface area contributed by atoms with E-state index in [9.17, 15) is 8.42 Å². The van der Waals surface area contributed by atoms with Crippen LogP contribution in [0.4, 0.5) is 0 Å². The molecule has 94 valence electrons. The molecular formula is C13H13NO3S. The fraction of sp³-hybridized carbons (Fsp3) is 0.0769. The summed E-state index contributed by atoms with van der Waals surface area (Å²) < 4.78 is 23.3. The zero-order valence-electron chi connectivity index (χ0n) is 9.83. The van der Waals surface area contributed by atoms with Crippen molar-refractivity contribution in [3.63, 3.8) is 0 Å². The summed E-state index contributed by atoms with van der Waals surface area (Å²) in [4.78, 5) is 6.58. The lowest BCUT2D eigenvalue weighted by Gasteiger charge is -2.05. The number of hydrogen-bond donors (Lipinski definition) is 1. The maximum absolute atomic E-state index is 11.6. The lowest BCUT2D eigenvalue weighted by atomic mass is 10.1. The highest BCUT2D eigenvalue weighted by molar-refractivity contribution is 7.89. The third-order valence-corrected chi connectivity index (χ3v) is 3.74. The Morgan fingerprint density at radius 1 is 0.889 bits per heavy atom. The van der Waals surface area contributed by atoms with Crippen LogP contribution in [-0.2, 0) is 14.9 Å². The van der Waals surface area contributed by atoms with Crippen molar-refractivity contribution in [3.8, 4) is 11.1 Å². The van der Waals surface area contributed by atoms with E-state index in [2.05, 4.69) is 4.84 Å². The number of sulfonamides is 1. The fourth-order valence-electron chi connectivity index (χ4n) is 1.61. The smallest absolute Gasteiger partial charge is 0.262 e. The SMILES string of the molecule is CONS(=O)(=O)c1ccc(-c2ccccc2)cc1. The summed E-state index contributed by atoms with van der Waals surface area (Å²) >= 11 is 0. The first-order chi connectivity index (χ1) is 8.63. The van der Waals surface area contributed by atoms with Crippen LogP contribution in [0.3, 0.4) is 0 Å². The van der Waals surface area contributed by atoms with Crippen LogP contribution in [-0.4, -0.2) is 15.5 Å². The second kappa shape index (κ2) is 5.30. The van der Waals surface area contributed by atoms with Gasteiger partial charge in [-0.05, 0) is 23.3 Å². The molecule has 0 atom stereocenters. The summed E-state index contributed by atoms with van der Waals surface area (Å²) in [7, 11) is -2.32. The van der Waals surface area contributed by atoms with Gasteiger partial charge < -0.3 is 0 Å². The van der Waals surface area contributed by atoms with Gasteiger partial charge in [-0.1, -0.05) is 47.3 Å². The molecule has 2 aromatic carbocycles. The van der Waals surface area contributed by atoms with Crippen molar-refractivity contribution in [2.75, 3.05) is 7.11 Å². The first-order valence-corrected chi connectivity index (χ1v) is 6.82. The number of nitrogens with one attached hydrogen (secondary N) is 1. The Morgan fingerprint density at radius 3 is 2.00 bits per heavy atom. The van der Waals surface area contributed by atoms with Crippen molar-refractivity contribution < 1.29 is 13.3 Å². The highest BCUT2D eigenvalue weighted by Crippen LogP contribution is 2.20. The van der Waals surface area contributed by atoms with Gasteiger partial charge >= 0.3 is 0 Å². The average Bonchev–Trinajstić information content (AvgIpc) is 2.40. The third kappa shape index (κ3) is 2.76. The van der Waals surface area contributed by atoms with Crippen LogP contribution in [0.15, 0.2) is 59.5 Å². The van der Waals surface area contributed by atoms with E-state index >= 15 is 0 Å². The highest BCUT2D eigenvalue weighted by Gasteiger charge is 2.12. The Hall–Kier alpha value is -1.69. The topological polar surface area (TPSA) is 55.4 Å². The molecule has 0 amide bonds. The van der Waals surface area contributed by atoms with Crippen molar-refractivity contribution in [2.45, 2.75) is 4.90 Å². The summed E-state index contributed by atoms with van der Waals surface area (Å²) in [6.07, 6.45) is 0. The number of rotatable bonds is 4. The molecule has 1 N–H and O–H groups in total. The van der Waals surface area contributed by atoms with Gasteiger partial charge in [-0.15, -0.1) is 0 Å². The molecule has 0 radical (unpaired) electrons. The summed E-state index contributed by atoms with van der Waals surface area (Å²) in [5.41, 5.74) is 2.01. The van der Waals surface area contributed by atoms with Crippen molar-refractivity contribution >= 4 is 10.0 Å². The Bertz CT molecular complexity index is 606. The number of hydrogen-bond acceptors (Lipinski definition) is 3. The van der Waals surface area contributed by atoms with Gasteiger partial charge in [0.25, 0.3) is 10.0 Å². The lowest BCUT2D eigenvalue weighted by Crippen LogP contribution is -2.22. The summed E-state index contributed by atoms with van der Waals surface area (Å²) in [5, 5.41) is 0. The second-order valence-corrected chi connectivity index (χ2v) is 5.33. The van der Waals surface area contributed by atoms with Gasteiger partial charge in [0.2, 0.25) is 0 Å². The predicted octanol–water partition coefficient (Wildman–Crippen LogP) is 2.19. The minimum Gasteiger partial charge on any atom is -0.290 e. The largest absolute Gasteiger partial charge is 0.290 e. The summed E-state index contributed by atoms with van der Waals surface area (Å²) in [6, 6.07) is 16.4. The third-order valence-electron chi connectivity index (χ3n) is 2.46. The van der Waals surface area contributed by atoms with Gasteiger partial charge in [0, 0.05) is 0 Å². The van der Waals surface area contributed by atoms with Gasteiger partial charge in [0.05, 0.1) is 12.0 Å².